The molecule has 7 nitrogen and oxygen atoms in total. The molecule has 254 valence electrons. The Labute approximate surface area is 252 Å². The Kier molecular flexibility index (Phi) is 8.76. The van der Waals surface area contributed by atoms with Crippen LogP contribution in [0, 0.1) is 0 Å². The number of hydrogen-bond donors (Lipinski definition) is 1. The summed E-state index contributed by atoms with van der Waals surface area (Å²) in [5, 5.41) is 2.41. The van der Waals surface area contributed by atoms with Gasteiger partial charge in [-0.3, -0.25) is 9.36 Å². The maximum absolute atomic E-state index is 15.4. The van der Waals surface area contributed by atoms with Gasteiger partial charge < -0.3 is 15.1 Å². The zero-order valence-corrected chi connectivity index (χ0v) is 24.1. The molecule has 0 bridgehead atoms. The van der Waals surface area contributed by atoms with Crippen LogP contribution in [-0.4, -0.2) is 88.7 Å². The molecule has 1 aliphatic heterocycles. The summed E-state index contributed by atoms with van der Waals surface area (Å²) in [5.74, 6) is -36.9. The largest absolute Gasteiger partial charge is 0.384 e. The quantitative estimate of drug-likeness (QED) is 0.249. The number of anilines is 3. The van der Waals surface area contributed by atoms with Gasteiger partial charge >= 0.3 is 36.0 Å². The molecule has 1 fully saturated rings. The molecule has 0 atom stereocenters. The number of halogens is 12. The van der Waals surface area contributed by atoms with E-state index in [4.69, 9.17) is 0 Å². The van der Waals surface area contributed by atoms with Gasteiger partial charge in [-0.1, -0.05) is 0 Å². The van der Waals surface area contributed by atoms with Gasteiger partial charge in [0.25, 0.3) is 5.56 Å². The van der Waals surface area contributed by atoms with E-state index in [9.17, 15) is 48.7 Å². The number of benzene rings is 1. The molecular weight excluding hydrogens is 652 g/mol. The van der Waals surface area contributed by atoms with Crippen LogP contribution in [0.2, 0.25) is 0 Å². The van der Waals surface area contributed by atoms with E-state index in [1.807, 2.05) is 7.05 Å². The maximum Gasteiger partial charge on any atom is 0.384 e. The fraction of sp³-hybridized carbons (Fsp3) is 0.519. The third kappa shape index (κ3) is 5.38. The lowest BCUT2D eigenvalue weighted by atomic mass is 9.84. The van der Waals surface area contributed by atoms with E-state index in [1.54, 1.807) is 24.3 Å². The zero-order chi connectivity index (χ0) is 34.7. The summed E-state index contributed by atoms with van der Waals surface area (Å²) in [6, 6.07) is 8.16. The van der Waals surface area contributed by atoms with Gasteiger partial charge in [-0.15, -0.1) is 0 Å². The molecule has 1 aliphatic rings. The van der Waals surface area contributed by atoms with Crippen molar-refractivity contribution in [3.8, 4) is 0 Å². The zero-order valence-electron chi connectivity index (χ0n) is 24.1. The number of alkyl halides is 12. The molecule has 1 saturated heterocycles. The van der Waals surface area contributed by atoms with Crippen molar-refractivity contribution in [2.24, 2.45) is 0 Å². The molecule has 0 unspecified atom stereocenters. The van der Waals surface area contributed by atoms with E-state index < -0.39 is 58.7 Å². The number of hydrogen-bond acceptors (Lipinski definition) is 6. The Morgan fingerprint density at radius 2 is 1.30 bits per heavy atom. The third-order valence-corrected chi connectivity index (χ3v) is 7.83. The number of nitrogens with zero attached hydrogens (tertiary/aromatic N) is 5. The summed E-state index contributed by atoms with van der Waals surface area (Å²) >= 11 is 0. The van der Waals surface area contributed by atoms with E-state index in [2.05, 4.69) is 25.1 Å². The SMILES string of the molecule is CN1CCN(c2ccc(Nc3ncc4ccc(=O)n(C(C)(C)C(F)(F)C(F)(F)C(F)(F)C(F)(F)C(F)(F)C(F)F)c4n3)cc2)CC1. The van der Waals surface area contributed by atoms with E-state index in [1.165, 1.54) is 0 Å². The van der Waals surface area contributed by atoms with Crippen molar-refractivity contribution in [2.75, 3.05) is 43.4 Å². The first-order valence-electron chi connectivity index (χ1n) is 13.4. The fourth-order valence-corrected chi connectivity index (χ4v) is 4.83. The van der Waals surface area contributed by atoms with Crippen molar-refractivity contribution in [3.63, 3.8) is 0 Å². The van der Waals surface area contributed by atoms with Gasteiger partial charge in [0.1, 0.15) is 11.2 Å². The molecule has 3 heterocycles. The van der Waals surface area contributed by atoms with E-state index in [0.29, 0.717) is 11.8 Å². The minimum atomic E-state index is -7.76. The lowest BCUT2D eigenvalue weighted by Gasteiger charge is -2.44. The van der Waals surface area contributed by atoms with E-state index >= 15 is 8.78 Å². The normalized spacial score (nSPS) is 16.4. The predicted molar refractivity (Wildman–Crippen MR) is 143 cm³/mol. The monoisotopic (exact) mass is 678 g/mol. The molecule has 0 radical (unpaired) electrons. The minimum Gasteiger partial charge on any atom is -0.369 e. The molecule has 0 amide bonds. The minimum absolute atomic E-state index is 0.0630. The van der Waals surface area contributed by atoms with Crippen molar-refractivity contribution >= 4 is 28.4 Å². The molecule has 4 rings (SSSR count). The second kappa shape index (κ2) is 11.5. The molecule has 0 spiro atoms. The van der Waals surface area contributed by atoms with Crippen molar-refractivity contribution in [2.45, 2.75) is 55.4 Å². The van der Waals surface area contributed by atoms with Crippen LogP contribution in [0.4, 0.5) is 70.0 Å². The second-order valence-corrected chi connectivity index (χ2v) is 11.2. The highest BCUT2D eigenvalue weighted by Gasteiger charge is 2.89. The number of nitrogens with one attached hydrogen (secondary N) is 1. The summed E-state index contributed by atoms with van der Waals surface area (Å²) in [6.07, 6.45) is -4.69. The molecule has 0 saturated carbocycles. The average Bonchev–Trinajstić information content (AvgIpc) is 2.97. The predicted octanol–water partition coefficient (Wildman–Crippen LogP) is 6.46. The molecule has 1 aromatic carbocycles. The summed E-state index contributed by atoms with van der Waals surface area (Å²) in [7, 11) is 1.98. The first-order chi connectivity index (χ1) is 21.0. The van der Waals surface area contributed by atoms with E-state index in [0.717, 1.165) is 44.1 Å². The Bertz CT molecular complexity index is 1620. The average molecular weight is 679 g/mol. The Balaban J connectivity index is 1.73. The van der Waals surface area contributed by atoms with Gasteiger partial charge in [0, 0.05) is 55.2 Å². The Morgan fingerprint density at radius 1 is 0.761 bits per heavy atom. The first-order valence-corrected chi connectivity index (χ1v) is 13.4. The lowest BCUT2D eigenvalue weighted by molar-refractivity contribution is -0.421. The number of aromatic nitrogens is 3. The number of rotatable bonds is 10. The van der Waals surface area contributed by atoms with Gasteiger partial charge in [0.15, 0.2) is 0 Å². The van der Waals surface area contributed by atoms with Gasteiger partial charge in [-0.2, -0.15) is 48.9 Å². The highest BCUT2D eigenvalue weighted by atomic mass is 19.4. The van der Waals surface area contributed by atoms with E-state index in [-0.39, 0.29) is 23.8 Å². The highest BCUT2D eigenvalue weighted by molar-refractivity contribution is 5.76. The smallest absolute Gasteiger partial charge is 0.369 e. The van der Waals surface area contributed by atoms with Crippen LogP contribution in [0.15, 0.2) is 47.4 Å². The van der Waals surface area contributed by atoms with Gasteiger partial charge in [-0.05, 0) is 51.2 Å². The maximum atomic E-state index is 15.4. The second-order valence-electron chi connectivity index (χ2n) is 11.2. The third-order valence-electron chi connectivity index (χ3n) is 7.83. The first kappa shape index (κ1) is 35.1. The number of piperazine rings is 1. The van der Waals surface area contributed by atoms with Gasteiger partial charge in [0.2, 0.25) is 5.95 Å². The number of pyridine rings is 1. The van der Waals surface area contributed by atoms with Crippen LogP contribution < -0.4 is 15.8 Å². The summed E-state index contributed by atoms with van der Waals surface area (Å²) < 4.78 is 168. The van der Waals surface area contributed by atoms with Crippen molar-refractivity contribution in [1.29, 1.82) is 0 Å². The summed E-state index contributed by atoms with van der Waals surface area (Å²) in [4.78, 5) is 24.8. The topological polar surface area (TPSA) is 66.3 Å². The van der Waals surface area contributed by atoms with Crippen LogP contribution in [0.5, 0.6) is 0 Å². The molecule has 2 aromatic heterocycles. The fourth-order valence-electron chi connectivity index (χ4n) is 4.83. The van der Waals surface area contributed by atoms with Crippen molar-refractivity contribution in [3.05, 3.63) is 52.9 Å². The summed E-state index contributed by atoms with van der Waals surface area (Å²) in [6.45, 7) is 3.30. The molecule has 1 N–H and O–H groups in total. The molecular formula is C27H26F12N6O. The van der Waals surface area contributed by atoms with Crippen LogP contribution in [0.25, 0.3) is 11.0 Å². The standard InChI is InChI=1S/C27H26F12N6O/c1-22(2,24(32,33)26(36,37)27(38,39)25(34,35)23(30,31)20(28)29)45-18(46)9-4-15-14-40-21(42-19(15)45)41-16-5-7-17(8-6-16)44-12-10-43(3)11-13-44/h4-9,14,20H,10-13H2,1-3H3,(H,40,41,42). The molecule has 0 aliphatic carbocycles. The number of fused-ring (bicyclic) bond motifs is 1. The molecule has 19 heteroatoms. The van der Waals surface area contributed by atoms with Gasteiger partial charge in [-0.25, -0.2) is 13.8 Å². The van der Waals surface area contributed by atoms with Gasteiger partial charge in [0.05, 0.1) is 0 Å². The number of likely N-dealkylation sites (N-methyl/N-ethyl adjacent to an activating group) is 1. The van der Waals surface area contributed by atoms with Crippen molar-refractivity contribution < 1.29 is 52.7 Å². The Hall–Kier alpha value is -3.77. The lowest BCUT2D eigenvalue weighted by Crippen LogP contribution is -2.72. The van der Waals surface area contributed by atoms with Crippen LogP contribution in [-0.2, 0) is 5.54 Å². The summed E-state index contributed by atoms with van der Waals surface area (Å²) in [5.41, 5.74) is -5.16. The molecule has 3 aromatic rings. The molecule has 46 heavy (non-hydrogen) atoms. The Morgan fingerprint density at radius 3 is 1.85 bits per heavy atom. The van der Waals surface area contributed by atoms with Crippen LogP contribution in [0.1, 0.15) is 13.8 Å². The van der Waals surface area contributed by atoms with Crippen molar-refractivity contribution in [1.82, 2.24) is 19.4 Å². The highest BCUT2D eigenvalue weighted by Crippen LogP contribution is 2.61. The van der Waals surface area contributed by atoms with Crippen LogP contribution in [0.3, 0.4) is 0 Å². The van der Waals surface area contributed by atoms with Crippen LogP contribution >= 0.6 is 0 Å².